The molecule has 0 saturated carbocycles. The van der Waals surface area contributed by atoms with Gasteiger partial charge in [-0.05, 0) is 6.07 Å². The predicted molar refractivity (Wildman–Crippen MR) is 72.0 cm³/mol. The summed E-state index contributed by atoms with van der Waals surface area (Å²) in [5.41, 5.74) is -0.00803. The van der Waals surface area contributed by atoms with E-state index in [4.69, 9.17) is 0 Å². The summed E-state index contributed by atoms with van der Waals surface area (Å²) in [6, 6.07) is 2.74. The quantitative estimate of drug-likeness (QED) is 0.883. The number of nitrogens with one attached hydrogen (secondary N) is 2. The summed E-state index contributed by atoms with van der Waals surface area (Å²) in [4.78, 5) is 7.34. The minimum Gasteiger partial charge on any atom is -0.370 e. The van der Waals surface area contributed by atoms with Crippen LogP contribution in [-0.4, -0.2) is 33.3 Å². The van der Waals surface area contributed by atoms with E-state index in [2.05, 4.69) is 25.7 Å². The van der Waals surface area contributed by atoms with Crippen molar-refractivity contribution in [3.05, 3.63) is 29.7 Å². The van der Waals surface area contributed by atoms with Gasteiger partial charge in [0.15, 0.2) is 5.69 Å². The van der Waals surface area contributed by atoms with Gasteiger partial charge in [-0.1, -0.05) is 0 Å². The Labute approximate surface area is 119 Å². The lowest BCUT2D eigenvalue weighted by molar-refractivity contribution is -0.141. The second-order valence-electron chi connectivity index (χ2n) is 4.33. The second kappa shape index (κ2) is 5.98. The van der Waals surface area contributed by atoms with Crippen LogP contribution in [0.15, 0.2) is 18.3 Å². The molecule has 2 heterocycles. The first-order valence-electron chi connectivity index (χ1n) is 6.25. The molecular weight excluding hydrogens is 285 g/mol. The van der Waals surface area contributed by atoms with Crippen molar-refractivity contribution in [2.45, 2.75) is 12.6 Å². The van der Waals surface area contributed by atoms with Crippen LogP contribution in [0.4, 0.5) is 24.9 Å². The van der Waals surface area contributed by atoms with Crippen LogP contribution in [0.5, 0.6) is 0 Å². The number of alkyl halides is 3. The number of rotatable bonds is 5. The summed E-state index contributed by atoms with van der Waals surface area (Å²) in [7, 11) is 3.27. The maximum absolute atomic E-state index is 12.7. The van der Waals surface area contributed by atoms with E-state index in [0.717, 1.165) is 11.8 Å². The average Bonchev–Trinajstić information content (AvgIpc) is 2.83. The first kappa shape index (κ1) is 15.1. The Morgan fingerprint density at radius 3 is 2.62 bits per heavy atom. The lowest BCUT2D eigenvalue weighted by atomic mass is 10.3. The monoisotopic (exact) mass is 300 g/mol. The molecule has 0 radical (unpaired) electrons. The summed E-state index contributed by atoms with van der Waals surface area (Å²) >= 11 is 0. The van der Waals surface area contributed by atoms with Crippen molar-refractivity contribution >= 4 is 11.8 Å². The van der Waals surface area contributed by atoms with Crippen molar-refractivity contribution in [3.63, 3.8) is 0 Å². The molecular formula is C12H15F3N6. The average molecular weight is 300 g/mol. The molecule has 2 N–H and O–H groups in total. The Morgan fingerprint density at radius 2 is 2.05 bits per heavy atom. The van der Waals surface area contributed by atoms with Gasteiger partial charge in [0.25, 0.3) is 0 Å². The van der Waals surface area contributed by atoms with Crippen molar-refractivity contribution in [2.75, 3.05) is 24.2 Å². The van der Waals surface area contributed by atoms with Crippen LogP contribution in [0.3, 0.4) is 0 Å². The fourth-order valence-electron chi connectivity index (χ4n) is 1.76. The van der Waals surface area contributed by atoms with E-state index < -0.39 is 11.9 Å². The lowest BCUT2D eigenvalue weighted by Crippen LogP contribution is -2.14. The number of hydrogen-bond acceptors (Lipinski definition) is 5. The normalized spacial score (nSPS) is 11.5. The number of aryl methyl sites for hydroxylation is 1. The topological polar surface area (TPSA) is 67.7 Å². The molecule has 2 aromatic rings. The highest BCUT2D eigenvalue weighted by Crippen LogP contribution is 2.29. The van der Waals surface area contributed by atoms with Gasteiger partial charge in [0, 0.05) is 45.0 Å². The Balaban J connectivity index is 2.07. The van der Waals surface area contributed by atoms with Gasteiger partial charge in [-0.15, -0.1) is 0 Å². The number of hydrogen-bond donors (Lipinski definition) is 2. The number of aromatic nitrogens is 4. The van der Waals surface area contributed by atoms with E-state index in [9.17, 15) is 13.2 Å². The van der Waals surface area contributed by atoms with Gasteiger partial charge < -0.3 is 10.6 Å². The zero-order chi connectivity index (χ0) is 15.5. The van der Waals surface area contributed by atoms with Crippen LogP contribution in [-0.2, 0) is 19.6 Å². The van der Waals surface area contributed by atoms with Crippen molar-refractivity contribution < 1.29 is 13.2 Å². The third kappa shape index (κ3) is 3.83. The first-order chi connectivity index (χ1) is 9.90. The molecule has 0 unspecified atom stereocenters. The molecule has 6 nitrogen and oxygen atoms in total. The third-order valence-corrected chi connectivity index (χ3v) is 2.85. The predicted octanol–water partition coefficient (Wildman–Crippen LogP) is 1.93. The molecule has 0 spiro atoms. The summed E-state index contributed by atoms with van der Waals surface area (Å²) in [6.45, 7) is 0.441. The van der Waals surface area contributed by atoms with E-state index in [1.54, 1.807) is 17.9 Å². The molecule has 0 aliphatic rings. The molecule has 2 aromatic heterocycles. The van der Waals surface area contributed by atoms with Crippen molar-refractivity contribution in [1.82, 2.24) is 19.7 Å². The van der Waals surface area contributed by atoms with E-state index in [1.165, 1.54) is 7.05 Å². The third-order valence-electron chi connectivity index (χ3n) is 2.85. The second-order valence-corrected chi connectivity index (χ2v) is 4.33. The Morgan fingerprint density at radius 1 is 1.29 bits per heavy atom. The SMILES string of the molecule is CNc1nc(NCCc2ccnn2C)cc(C(F)(F)F)n1. The van der Waals surface area contributed by atoms with Crippen LogP contribution >= 0.6 is 0 Å². The molecule has 0 amide bonds. The number of halogens is 3. The first-order valence-corrected chi connectivity index (χ1v) is 6.25. The van der Waals surface area contributed by atoms with Crippen molar-refractivity contribution in [2.24, 2.45) is 7.05 Å². The summed E-state index contributed by atoms with van der Waals surface area (Å²) in [6.07, 6.45) is -2.22. The molecule has 2 rings (SSSR count). The van der Waals surface area contributed by atoms with Gasteiger partial charge in [0.2, 0.25) is 5.95 Å². The lowest BCUT2D eigenvalue weighted by Gasteiger charge is -2.11. The fourth-order valence-corrected chi connectivity index (χ4v) is 1.76. The molecule has 0 aromatic carbocycles. The fraction of sp³-hybridized carbons (Fsp3) is 0.417. The molecule has 0 aliphatic carbocycles. The van der Waals surface area contributed by atoms with E-state index in [1.807, 2.05) is 6.07 Å². The standard InChI is InChI=1S/C12H15F3N6/c1-16-11-19-9(12(13,14)15)7-10(20-11)17-5-3-8-4-6-18-21(8)2/h4,6-7H,3,5H2,1-2H3,(H2,16,17,19,20). The van der Waals surface area contributed by atoms with Crippen LogP contribution in [0, 0.1) is 0 Å². The van der Waals surface area contributed by atoms with Gasteiger partial charge in [-0.3, -0.25) is 4.68 Å². The maximum Gasteiger partial charge on any atom is 0.433 e. The van der Waals surface area contributed by atoms with Gasteiger partial charge in [0.05, 0.1) is 0 Å². The van der Waals surface area contributed by atoms with Crippen LogP contribution in [0.2, 0.25) is 0 Å². The van der Waals surface area contributed by atoms with Crippen molar-refractivity contribution in [1.29, 1.82) is 0 Å². The molecule has 0 aliphatic heterocycles. The Hall–Kier alpha value is -2.32. The molecule has 0 fully saturated rings. The molecule has 0 bridgehead atoms. The van der Waals surface area contributed by atoms with Crippen molar-refractivity contribution in [3.8, 4) is 0 Å². The molecule has 114 valence electrons. The summed E-state index contributed by atoms with van der Waals surface area (Å²) in [5, 5.41) is 9.40. The van der Waals surface area contributed by atoms with Gasteiger partial charge in [-0.2, -0.15) is 23.3 Å². The van der Waals surface area contributed by atoms with Gasteiger partial charge in [-0.25, -0.2) is 4.98 Å². The van der Waals surface area contributed by atoms with Crippen LogP contribution < -0.4 is 10.6 Å². The summed E-state index contributed by atoms with van der Waals surface area (Å²) in [5.74, 6) is 0.0525. The number of anilines is 2. The molecule has 9 heteroatoms. The van der Waals surface area contributed by atoms with Gasteiger partial charge >= 0.3 is 6.18 Å². The largest absolute Gasteiger partial charge is 0.433 e. The van der Waals surface area contributed by atoms with Gasteiger partial charge in [0.1, 0.15) is 5.82 Å². The minimum absolute atomic E-state index is 0.0761. The van der Waals surface area contributed by atoms with Crippen LogP contribution in [0.1, 0.15) is 11.4 Å². The van der Waals surface area contributed by atoms with E-state index in [0.29, 0.717) is 13.0 Å². The van der Waals surface area contributed by atoms with E-state index >= 15 is 0 Å². The van der Waals surface area contributed by atoms with E-state index in [-0.39, 0.29) is 11.8 Å². The number of nitrogens with zero attached hydrogens (tertiary/aromatic N) is 4. The van der Waals surface area contributed by atoms with Crippen LogP contribution in [0.25, 0.3) is 0 Å². The Bertz CT molecular complexity index is 607. The Kier molecular flexibility index (Phi) is 4.29. The smallest absolute Gasteiger partial charge is 0.370 e. The molecule has 0 atom stereocenters. The zero-order valence-corrected chi connectivity index (χ0v) is 11.6. The highest BCUT2D eigenvalue weighted by Gasteiger charge is 2.33. The summed E-state index contributed by atoms with van der Waals surface area (Å²) < 4.78 is 39.9. The zero-order valence-electron chi connectivity index (χ0n) is 11.6. The molecule has 21 heavy (non-hydrogen) atoms. The maximum atomic E-state index is 12.7. The highest BCUT2D eigenvalue weighted by atomic mass is 19.4. The highest BCUT2D eigenvalue weighted by molar-refractivity contribution is 5.42. The molecule has 0 saturated heterocycles. The minimum atomic E-state index is -4.51.